The van der Waals surface area contributed by atoms with Crippen LogP contribution in [-0.2, 0) is 0 Å². The van der Waals surface area contributed by atoms with E-state index in [1.54, 1.807) is 0 Å². The SMILES string of the molecule is Cc1ccccc1-c1cc2cc(c1)-c1cc(cc(-c3ccccc3C)c1)-c1cc(cc(-c3ccccc3C)c1)-c1cc-2cc(-c2ccccc2C)c1. The summed E-state index contributed by atoms with van der Waals surface area (Å²) >= 11 is 0. The van der Waals surface area contributed by atoms with Gasteiger partial charge in [-0.15, -0.1) is 0 Å². The van der Waals surface area contributed by atoms with Crippen LogP contribution in [0.15, 0.2) is 170 Å². The van der Waals surface area contributed by atoms with Crippen molar-refractivity contribution in [2.75, 3.05) is 0 Å². The van der Waals surface area contributed by atoms with Gasteiger partial charge in [0.25, 0.3) is 0 Å². The van der Waals surface area contributed by atoms with E-state index in [0.717, 1.165) is 0 Å². The van der Waals surface area contributed by atoms with Crippen LogP contribution in [0.2, 0.25) is 0 Å². The van der Waals surface area contributed by atoms with Crippen LogP contribution in [0.4, 0.5) is 0 Å². The number of fused-ring (bicyclic) bond motifs is 12. The zero-order valence-corrected chi connectivity index (χ0v) is 30.2. The minimum atomic E-state index is 1.21. The summed E-state index contributed by atoms with van der Waals surface area (Å²) in [4.78, 5) is 0. The van der Waals surface area contributed by atoms with Crippen LogP contribution in [0.3, 0.4) is 0 Å². The van der Waals surface area contributed by atoms with Gasteiger partial charge in [0.1, 0.15) is 0 Å². The standard InChI is InChI=1S/C52H40/c1-33-13-5-9-17-49(33)45-25-37-21-38(26-45)40-23-42(30-47(28-40)51-19-11-7-15-35(51)3)44-24-43(31-48(32-44)52-20-12-8-16-36(52)4)41-22-39(37)27-46(29-41)50-18-10-6-14-34(50)2/h5-32H,1-4H3. The fraction of sp³-hybridized carbons (Fsp3) is 0.0769. The Hall–Kier alpha value is -6.24. The molecule has 0 aromatic heterocycles. The number of aryl methyl sites for hydroxylation is 4. The lowest BCUT2D eigenvalue weighted by atomic mass is 9.84. The predicted molar refractivity (Wildman–Crippen MR) is 222 cm³/mol. The van der Waals surface area contributed by atoms with E-state index in [9.17, 15) is 0 Å². The molecule has 248 valence electrons. The molecule has 9 rings (SSSR count). The molecule has 8 aromatic carbocycles. The molecule has 0 heteroatoms. The van der Waals surface area contributed by atoms with Crippen LogP contribution in [0.1, 0.15) is 22.3 Å². The first kappa shape index (κ1) is 31.7. The molecule has 0 saturated carbocycles. The first-order chi connectivity index (χ1) is 25.4. The molecule has 0 aliphatic heterocycles. The van der Waals surface area contributed by atoms with E-state index < -0.39 is 0 Å². The zero-order valence-electron chi connectivity index (χ0n) is 30.2. The van der Waals surface area contributed by atoms with Crippen LogP contribution >= 0.6 is 0 Å². The van der Waals surface area contributed by atoms with Crippen LogP contribution in [-0.4, -0.2) is 0 Å². The number of hydrogen-bond acceptors (Lipinski definition) is 0. The summed E-state index contributed by atoms with van der Waals surface area (Å²) < 4.78 is 0. The van der Waals surface area contributed by atoms with Crippen LogP contribution in [0.25, 0.3) is 89.0 Å². The molecular weight excluding hydrogens is 625 g/mol. The Labute approximate surface area is 307 Å². The first-order valence-corrected chi connectivity index (χ1v) is 18.2. The molecular formula is C52H40. The molecule has 0 fully saturated rings. The van der Waals surface area contributed by atoms with Gasteiger partial charge in [-0.1, -0.05) is 97.1 Å². The van der Waals surface area contributed by atoms with Crippen molar-refractivity contribution in [2.24, 2.45) is 0 Å². The van der Waals surface area contributed by atoms with Crippen molar-refractivity contribution in [3.05, 3.63) is 192 Å². The Morgan fingerprint density at radius 3 is 0.519 bits per heavy atom. The molecule has 0 N–H and O–H groups in total. The highest BCUT2D eigenvalue weighted by molar-refractivity contribution is 5.92. The van der Waals surface area contributed by atoms with E-state index in [0.29, 0.717) is 0 Å². The van der Waals surface area contributed by atoms with Gasteiger partial charge in [-0.2, -0.15) is 0 Å². The highest BCUT2D eigenvalue weighted by Crippen LogP contribution is 2.43. The second kappa shape index (κ2) is 12.8. The Bertz CT molecular complexity index is 2220. The third-order valence-corrected chi connectivity index (χ3v) is 10.9. The normalized spacial score (nSPS) is 11.5. The van der Waals surface area contributed by atoms with E-state index in [4.69, 9.17) is 0 Å². The molecule has 0 nitrogen and oxygen atoms in total. The average molecular weight is 665 g/mol. The van der Waals surface area contributed by atoms with Gasteiger partial charge in [0.2, 0.25) is 0 Å². The summed E-state index contributed by atoms with van der Waals surface area (Å²) in [5, 5.41) is 0. The van der Waals surface area contributed by atoms with Crippen molar-refractivity contribution >= 4 is 0 Å². The van der Waals surface area contributed by atoms with Crippen molar-refractivity contribution < 1.29 is 0 Å². The first-order valence-electron chi connectivity index (χ1n) is 18.2. The molecule has 0 saturated heterocycles. The molecule has 0 heterocycles. The van der Waals surface area contributed by atoms with Crippen LogP contribution in [0.5, 0.6) is 0 Å². The quantitative estimate of drug-likeness (QED) is 0.176. The Morgan fingerprint density at radius 2 is 0.346 bits per heavy atom. The number of hydrogen-bond donors (Lipinski definition) is 0. The zero-order chi connectivity index (χ0) is 35.3. The lowest BCUT2D eigenvalue weighted by Crippen LogP contribution is -1.94. The van der Waals surface area contributed by atoms with Gasteiger partial charge in [0.15, 0.2) is 0 Å². The fourth-order valence-electron chi connectivity index (χ4n) is 8.05. The van der Waals surface area contributed by atoms with Crippen molar-refractivity contribution in [2.45, 2.75) is 27.7 Å². The fourth-order valence-corrected chi connectivity index (χ4v) is 8.05. The smallest absolute Gasteiger partial charge is 0.0154 e. The molecule has 0 amide bonds. The molecule has 0 radical (unpaired) electrons. The molecule has 52 heavy (non-hydrogen) atoms. The second-order valence-corrected chi connectivity index (χ2v) is 14.5. The number of rotatable bonds is 4. The van der Waals surface area contributed by atoms with Gasteiger partial charge in [-0.05, 0) is 212 Å². The maximum Gasteiger partial charge on any atom is -0.0154 e. The molecule has 8 bridgehead atoms. The number of benzene rings is 8. The van der Waals surface area contributed by atoms with Gasteiger partial charge < -0.3 is 0 Å². The average Bonchev–Trinajstić information content (AvgIpc) is 3.17. The monoisotopic (exact) mass is 664 g/mol. The van der Waals surface area contributed by atoms with E-state index in [1.807, 2.05) is 0 Å². The third kappa shape index (κ3) is 5.77. The predicted octanol–water partition coefficient (Wildman–Crippen LogP) is 14.6. The molecule has 8 aromatic rings. The lowest BCUT2D eigenvalue weighted by molar-refractivity contribution is 1.44. The van der Waals surface area contributed by atoms with Crippen LogP contribution < -0.4 is 0 Å². The molecule has 0 unspecified atom stereocenters. The Morgan fingerprint density at radius 1 is 0.192 bits per heavy atom. The minimum Gasteiger partial charge on any atom is -0.0620 e. The third-order valence-electron chi connectivity index (χ3n) is 10.9. The highest BCUT2D eigenvalue weighted by atomic mass is 14.2. The summed E-state index contributed by atoms with van der Waals surface area (Å²) in [5.74, 6) is 0. The van der Waals surface area contributed by atoms with Gasteiger partial charge in [-0.3, -0.25) is 0 Å². The van der Waals surface area contributed by atoms with Crippen molar-refractivity contribution in [3.63, 3.8) is 0 Å². The van der Waals surface area contributed by atoms with E-state index in [1.165, 1.54) is 111 Å². The lowest BCUT2D eigenvalue weighted by Gasteiger charge is -2.20. The van der Waals surface area contributed by atoms with Gasteiger partial charge in [-0.25, -0.2) is 0 Å². The largest absolute Gasteiger partial charge is 0.0620 e. The van der Waals surface area contributed by atoms with Crippen LogP contribution in [0, 0.1) is 27.7 Å². The maximum atomic E-state index is 2.40. The second-order valence-electron chi connectivity index (χ2n) is 14.5. The molecule has 1 aliphatic rings. The van der Waals surface area contributed by atoms with E-state index in [-0.39, 0.29) is 0 Å². The van der Waals surface area contributed by atoms with Gasteiger partial charge in [0.05, 0.1) is 0 Å². The molecule has 1 aliphatic carbocycles. The Balaban J connectivity index is 1.41. The maximum absolute atomic E-state index is 2.40. The van der Waals surface area contributed by atoms with Gasteiger partial charge >= 0.3 is 0 Å². The molecule has 0 spiro atoms. The summed E-state index contributed by atoms with van der Waals surface area (Å²) in [6.45, 7) is 8.86. The van der Waals surface area contributed by atoms with E-state index in [2.05, 4.69) is 198 Å². The minimum absolute atomic E-state index is 1.21. The summed E-state index contributed by atoms with van der Waals surface area (Å²) in [7, 11) is 0. The van der Waals surface area contributed by atoms with Gasteiger partial charge in [0, 0.05) is 0 Å². The topological polar surface area (TPSA) is 0 Å². The van der Waals surface area contributed by atoms with Crippen molar-refractivity contribution in [1.29, 1.82) is 0 Å². The van der Waals surface area contributed by atoms with Crippen molar-refractivity contribution in [3.8, 4) is 89.0 Å². The summed E-state index contributed by atoms with van der Waals surface area (Å²) in [6, 6.07) is 63.7. The van der Waals surface area contributed by atoms with E-state index >= 15 is 0 Å². The highest BCUT2D eigenvalue weighted by Gasteiger charge is 2.18. The van der Waals surface area contributed by atoms with Crippen molar-refractivity contribution in [1.82, 2.24) is 0 Å². The molecule has 0 atom stereocenters. The summed E-state index contributed by atoms with van der Waals surface area (Å²) in [5.41, 5.74) is 24.8. The Kier molecular flexibility index (Phi) is 7.82. The summed E-state index contributed by atoms with van der Waals surface area (Å²) in [6.07, 6.45) is 0.